The summed E-state index contributed by atoms with van der Waals surface area (Å²) in [5, 5.41) is 6.48. The Morgan fingerprint density at radius 1 is 1.50 bits per heavy atom. The highest BCUT2D eigenvalue weighted by Gasteiger charge is 2.25. The van der Waals surface area contributed by atoms with E-state index in [9.17, 15) is 4.79 Å². The fraction of sp³-hybridized carbons (Fsp3) is 0.929. The average molecular weight is 256 g/mol. The van der Waals surface area contributed by atoms with Gasteiger partial charge in [-0.1, -0.05) is 6.92 Å². The van der Waals surface area contributed by atoms with Crippen LogP contribution in [0.5, 0.6) is 0 Å². The number of carbonyl (C=O) groups is 1. The summed E-state index contributed by atoms with van der Waals surface area (Å²) in [6, 6.07) is 0.241. The van der Waals surface area contributed by atoms with E-state index >= 15 is 0 Å². The predicted octanol–water partition coefficient (Wildman–Crippen LogP) is 1.84. The number of hydrogen-bond donors (Lipinski definition) is 2. The number of ether oxygens (including phenoxy) is 1. The molecule has 1 rings (SSSR count). The topological polar surface area (TPSA) is 50.4 Å². The van der Waals surface area contributed by atoms with Crippen LogP contribution >= 0.6 is 0 Å². The van der Waals surface area contributed by atoms with Gasteiger partial charge in [0.2, 0.25) is 5.91 Å². The molecule has 1 amide bonds. The van der Waals surface area contributed by atoms with Crippen LogP contribution in [0.4, 0.5) is 0 Å². The second kappa shape index (κ2) is 6.53. The molecule has 18 heavy (non-hydrogen) atoms. The fourth-order valence-corrected chi connectivity index (χ4v) is 2.11. The van der Waals surface area contributed by atoms with Gasteiger partial charge in [-0.15, -0.1) is 0 Å². The van der Waals surface area contributed by atoms with Crippen molar-refractivity contribution in [3.63, 3.8) is 0 Å². The first kappa shape index (κ1) is 15.4. The van der Waals surface area contributed by atoms with E-state index in [1.165, 1.54) is 0 Å². The van der Waals surface area contributed by atoms with Gasteiger partial charge in [0.1, 0.15) is 0 Å². The van der Waals surface area contributed by atoms with Gasteiger partial charge in [0.05, 0.1) is 12.1 Å². The molecule has 2 N–H and O–H groups in total. The summed E-state index contributed by atoms with van der Waals surface area (Å²) in [6.07, 6.45) is 3.19. The van der Waals surface area contributed by atoms with Crippen molar-refractivity contribution >= 4 is 5.91 Å². The first-order valence-corrected chi connectivity index (χ1v) is 7.03. The summed E-state index contributed by atoms with van der Waals surface area (Å²) >= 11 is 0. The third-order valence-corrected chi connectivity index (χ3v) is 3.71. The molecule has 1 saturated heterocycles. The van der Waals surface area contributed by atoms with E-state index in [0.29, 0.717) is 12.1 Å². The first-order valence-electron chi connectivity index (χ1n) is 7.03. The lowest BCUT2D eigenvalue weighted by molar-refractivity contribution is -0.124. The van der Waals surface area contributed by atoms with Gasteiger partial charge in [0, 0.05) is 18.2 Å². The van der Waals surface area contributed by atoms with Gasteiger partial charge < -0.3 is 15.4 Å². The lowest BCUT2D eigenvalue weighted by Gasteiger charge is -2.32. The van der Waals surface area contributed by atoms with Crippen molar-refractivity contribution in [2.75, 3.05) is 6.61 Å². The minimum atomic E-state index is -0.147. The number of rotatable bonds is 5. The van der Waals surface area contributed by atoms with Crippen LogP contribution in [-0.4, -0.2) is 36.2 Å². The van der Waals surface area contributed by atoms with Crippen molar-refractivity contribution in [1.29, 1.82) is 0 Å². The molecule has 1 heterocycles. The Labute approximate surface area is 111 Å². The minimum absolute atomic E-state index is 0.0843. The van der Waals surface area contributed by atoms with Crippen LogP contribution in [0.1, 0.15) is 53.9 Å². The maximum atomic E-state index is 12.1. The summed E-state index contributed by atoms with van der Waals surface area (Å²) in [7, 11) is 0. The zero-order valence-corrected chi connectivity index (χ0v) is 12.4. The van der Waals surface area contributed by atoms with Gasteiger partial charge in [-0.2, -0.15) is 0 Å². The smallest absolute Gasteiger partial charge is 0.237 e. The third-order valence-electron chi connectivity index (χ3n) is 3.71. The molecular formula is C14H28N2O2. The number of amides is 1. The molecule has 0 aromatic heterocycles. The van der Waals surface area contributed by atoms with Crippen molar-refractivity contribution in [3.8, 4) is 0 Å². The molecule has 106 valence electrons. The van der Waals surface area contributed by atoms with Crippen LogP contribution < -0.4 is 10.6 Å². The van der Waals surface area contributed by atoms with Gasteiger partial charge in [-0.05, 0) is 47.0 Å². The number of hydrogen-bond acceptors (Lipinski definition) is 3. The second-order valence-corrected chi connectivity index (χ2v) is 6.02. The molecule has 0 aromatic carbocycles. The summed E-state index contributed by atoms with van der Waals surface area (Å²) in [5.74, 6) is 0.0843. The zero-order chi connectivity index (χ0) is 13.8. The van der Waals surface area contributed by atoms with Gasteiger partial charge in [-0.25, -0.2) is 0 Å². The van der Waals surface area contributed by atoms with Gasteiger partial charge >= 0.3 is 0 Å². The predicted molar refractivity (Wildman–Crippen MR) is 73.5 cm³/mol. The normalized spacial score (nSPS) is 26.7. The Morgan fingerprint density at radius 2 is 2.17 bits per heavy atom. The second-order valence-electron chi connectivity index (χ2n) is 6.02. The molecule has 0 radical (unpaired) electrons. The van der Waals surface area contributed by atoms with Gasteiger partial charge in [0.25, 0.3) is 0 Å². The van der Waals surface area contributed by atoms with Crippen LogP contribution in [0.15, 0.2) is 0 Å². The summed E-state index contributed by atoms with van der Waals surface area (Å²) in [4.78, 5) is 12.1. The number of nitrogens with one attached hydrogen (secondary N) is 2. The van der Waals surface area contributed by atoms with Gasteiger partial charge in [-0.3, -0.25) is 4.79 Å². The minimum Gasteiger partial charge on any atom is -0.378 e. The highest BCUT2D eigenvalue weighted by molar-refractivity contribution is 5.82. The van der Waals surface area contributed by atoms with Crippen LogP contribution in [0.2, 0.25) is 0 Å². The first-order chi connectivity index (χ1) is 8.34. The Kier molecular flexibility index (Phi) is 5.60. The molecule has 3 atom stereocenters. The largest absolute Gasteiger partial charge is 0.378 e. The van der Waals surface area contributed by atoms with Crippen molar-refractivity contribution in [2.24, 2.45) is 0 Å². The molecule has 4 heteroatoms. The van der Waals surface area contributed by atoms with Crippen LogP contribution in [0, 0.1) is 0 Å². The summed E-state index contributed by atoms with van der Waals surface area (Å²) in [6.45, 7) is 11.0. The lowest BCUT2D eigenvalue weighted by Crippen LogP contribution is -2.53. The van der Waals surface area contributed by atoms with E-state index in [4.69, 9.17) is 4.74 Å². The van der Waals surface area contributed by atoms with E-state index in [0.717, 1.165) is 25.9 Å². The lowest BCUT2D eigenvalue weighted by atomic mass is 10.0. The molecule has 1 aliphatic heterocycles. The van der Waals surface area contributed by atoms with Crippen molar-refractivity contribution in [3.05, 3.63) is 0 Å². The van der Waals surface area contributed by atoms with E-state index < -0.39 is 0 Å². The fourth-order valence-electron chi connectivity index (χ4n) is 2.11. The molecule has 4 nitrogen and oxygen atoms in total. The van der Waals surface area contributed by atoms with E-state index in [1.54, 1.807) is 0 Å². The molecular weight excluding hydrogens is 228 g/mol. The molecule has 0 aliphatic carbocycles. The molecule has 0 aromatic rings. The number of carbonyl (C=O) groups excluding carboxylic acids is 1. The van der Waals surface area contributed by atoms with Crippen LogP contribution in [0.25, 0.3) is 0 Å². The monoisotopic (exact) mass is 256 g/mol. The van der Waals surface area contributed by atoms with Crippen LogP contribution in [-0.2, 0) is 9.53 Å². The standard InChI is InChI=1S/C14H28N2O2/c1-6-14(4,5)16-13(17)11(3)15-12-7-8-18-10(2)9-12/h10-12,15H,6-9H2,1-5H3,(H,16,17). The Bertz CT molecular complexity index is 279. The summed E-state index contributed by atoms with van der Waals surface area (Å²) < 4.78 is 5.51. The van der Waals surface area contributed by atoms with E-state index in [-0.39, 0.29) is 17.5 Å². The van der Waals surface area contributed by atoms with Crippen LogP contribution in [0.3, 0.4) is 0 Å². The Hall–Kier alpha value is -0.610. The third kappa shape index (κ3) is 4.94. The molecule has 1 aliphatic rings. The Morgan fingerprint density at radius 3 is 2.72 bits per heavy atom. The van der Waals surface area contributed by atoms with E-state index in [1.807, 2.05) is 20.8 Å². The van der Waals surface area contributed by atoms with Crippen molar-refractivity contribution in [1.82, 2.24) is 10.6 Å². The maximum Gasteiger partial charge on any atom is 0.237 e. The van der Waals surface area contributed by atoms with Crippen molar-refractivity contribution < 1.29 is 9.53 Å². The highest BCUT2D eigenvalue weighted by atomic mass is 16.5. The maximum absolute atomic E-state index is 12.1. The summed E-state index contributed by atoms with van der Waals surface area (Å²) in [5.41, 5.74) is -0.129. The van der Waals surface area contributed by atoms with Crippen molar-refractivity contribution in [2.45, 2.75) is 77.6 Å². The molecule has 1 fully saturated rings. The average Bonchev–Trinajstić information content (AvgIpc) is 2.28. The van der Waals surface area contributed by atoms with Gasteiger partial charge in [0.15, 0.2) is 0 Å². The highest BCUT2D eigenvalue weighted by Crippen LogP contribution is 2.14. The Balaban J connectivity index is 2.39. The quantitative estimate of drug-likeness (QED) is 0.789. The molecule has 0 bridgehead atoms. The van der Waals surface area contributed by atoms with E-state index in [2.05, 4.69) is 24.5 Å². The SMILES string of the molecule is CCC(C)(C)NC(=O)C(C)NC1CCOC(C)C1. The molecule has 0 spiro atoms. The molecule has 3 unspecified atom stereocenters. The zero-order valence-electron chi connectivity index (χ0n) is 12.4. The molecule has 0 saturated carbocycles.